The average Bonchev–Trinajstić information content (AvgIpc) is 3.39. The zero-order valence-corrected chi connectivity index (χ0v) is 15.9. The van der Waals surface area contributed by atoms with E-state index >= 15 is 0 Å². The Morgan fingerprint density at radius 3 is 2.71 bits per heavy atom. The Kier molecular flexibility index (Phi) is 4.43. The molecule has 28 heavy (non-hydrogen) atoms. The van der Waals surface area contributed by atoms with Crippen LogP contribution < -0.4 is 0 Å². The second kappa shape index (κ2) is 7.22. The summed E-state index contributed by atoms with van der Waals surface area (Å²) in [4.78, 5) is 4.79. The van der Waals surface area contributed by atoms with E-state index in [0.29, 0.717) is 0 Å². The summed E-state index contributed by atoms with van der Waals surface area (Å²) in [5, 5.41) is 8.98. The van der Waals surface area contributed by atoms with Gasteiger partial charge in [-0.2, -0.15) is 0 Å². The molecule has 0 aliphatic carbocycles. The fourth-order valence-electron chi connectivity index (χ4n) is 3.94. The fraction of sp³-hybridized carbons (Fsp3) is 0.273. The van der Waals surface area contributed by atoms with E-state index < -0.39 is 0 Å². The van der Waals surface area contributed by atoms with Crippen molar-refractivity contribution in [2.75, 3.05) is 26.7 Å². The van der Waals surface area contributed by atoms with Gasteiger partial charge in [0.25, 0.3) is 0 Å². The number of rotatable bonds is 4. The first-order chi connectivity index (χ1) is 13.8. The molecule has 5 rings (SSSR count). The SMILES string of the molecule is CN1CCN(Cc2ccco2)CC1c1nnn2cc(-c3ccccc3)ccc12. The van der Waals surface area contributed by atoms with Crippen LogP contribution >= 0.6 is 0 Å². The van der Waals surface area contributed by atoms with Crippen molar-refractivity contribution in [1.29, 1.82) is 0 Å². The van der Waals surface area contributed by atoms with Gasteiger partial charge in [0.1, 0.15) is 11.5 Å². The minimum absolute atomic E-state index is 0.212. The molecule has 1 aliphatic heterocycles. The van der Waals surface area contributed by atoms with E-state index in [1.165, 1.54) is 5.56 Å². The highest BCUT2D eigenvalue weighted by molar-refractivity contribution is 5.66. The van der Waals surface area contributed by atoms with Gasteiger partial charge in [-0.05, 0) is 30.8 Å². The van der Waals surface area contributed by atoms with Gasteiger partial charge in [0.05, 0.1) is 24.4 Å². The first-order valence-electron chi connectivity index (χ1n) is 9.63. The highest BCUT2D eigenvalue weighted by Crippen LogP contribution is 2.28. The number of likely N-dealkylation sites (N-methyl/N-ethyl adjacent to an activating group) is 1. The van der Waals surface area contributed by atoms with Crippen LogP contribution in [0.4, 0.5) is 0 Å². The fourth-order valence-corrected chi connectivity index (χ4v) is 3.94. The minimum atomic E-state index is 0.212. The molecule has 1 saturated heterocycles. The van der Waals surface area contributed by atoms with Crippen molar-refractivity contribution < 1.29 is 4.42 Å². The van der Waals surface area contributed by atoms with Crippen molar-refractivity contribution in [3.05, 3.63) is 78.5 Å². The Morgan fingerprint density at radius 2 is 1.89 bits per heavy atom. The van der Waals surface area contributed by atoms with Crippen LogP contribution in [0, 0.1) is 0 Å². The molecule has 0 amide bonds. The third-order valence-electron chi connectivity index (χ3n) is 5.55. The Balaban J connectivity index is 1.43. The van der Waals surface area contributed by atoms with E-state index in [4.69, 9.17) is 4.42 Å². The zero-order valence-electron chi connectivity index (χ0n) is 15.9. The molecule has 3 aromatic heterocycles. The summed E-state index contributed by atoms with van der Waals surface area (Å²) < 4.78 is 7.43. The Labute approximate surface area is 164 Å². The Bertz CT molecular complexity index is 1060. The van der Waals surface area contributed by atoms with E-state index in [2.05, 4.69) is 69.8 Å². The summed E-state index contributed by atoms with van der Waals surface area (Å²) in [5.74, 6) is 1.00. The third-order valence-corrected chi connectivity index (χ3v) is 5.55. The van der Waals surface area contributed by atoms with Gasteiger partial charge in [0, 0.05) is 31.4 Å². The molecule has 0 bridgehead atoms. The summed E-state index contributed by atoms with van der Waals surface area (Å²) in [6.07, 6.45) is 3.80. The second-order valence-electron chi connectivity index (χ2n) is 7.40. The normalized spacial score (nSPS) is 18.7. The van der Waals surface area contributed by atoms with Crippen LogP contribution in [0.15, 0.2) is 71.5 Å². The van der Waals surface area contributed by atoms with Gasteiger partial charge >= 0.3 is 0 Å². The molecular weight excluding hydrogens is 350 g/mol. The molecule has 142 valence electrons. The lowest BCUT2D eigenvalue weighted by molar-refractivity contribution is 0.0840. The number of furan rings is 1. The standard InChI is InChI=1S/C22H23N5O/c1-25-11-12-26(15-19-8-5-13-28-19)16-21(25)22-20-10-9-18(14-27(20)24-23-22)17-6-3-2-4-7-17/h2-10,13-14,21H,11-12,15-16H2,1H3. The number of hydrogen-bond donors (Lipinski definition) is 0. The molecule has 6 nitrogen and oxygen atoms in total. The largest absolute Gasteiger partial charge is 0.468 e. The van der Waals surface area contributed by atoms with Gasteiger partial charge in [-0.1, -0.05) is 41.6 Å². The van der Waals surface area contributed by atoms with Crippen LogP contribution in [0.2, 0.25) is 0 Å². The Morgan fingerprint density at radius 1 is 1.00 bits per heavy atom. The lowest BCUT2D eigenvalue weighted by Gasteiger charge is -2.38. The lowest BCUT2D eigenvalue weighted by atomic mass is 10.1. The number of hydrogen-bond acceptors (Lipinski definition) is 5. The van der Waals surface area contributed by atoms with E-state index in [1.807, 2.05) is 22.7 Å². The molecule has 1 fully saturated rings. The summed E-state index contributed by atoms with van der Waals surface area (Å²) in [5.41, 5.74) is 4.42. The van der Waals surface area contributed by atoms with Gasteiger partial charge in [-0.3, -0.25) is 9.80 Å². The van der Waals surface area contributed by atoms with Gasteiger partial charge in [0.15, 0.2) is 0 Å². The molecule has 0 N–H and O–H groups in total. The van der Waals surface area contributed by atoms with Crippen LogP contribution in [-0.2, 0) is 6.54 Å². The van der Waals surface area contributed by atoms with Crippen LogP contribution in [0.3, 0.4) is 0 Å². The summed E-state index contributed by atoms with van der Waals surface area (Å²) in [6.45, 7) is 3.75. The maximum absolute atomic E-state index is 5.53. The average molecular weight is 373 g/mol. The first-order valence-corrected chi connectivity index (χ1v) is 9.63. The number of nitrogens with zero attached hydrogens (tertiary/aromatic N) is 5. The van der Waals surface area contributed by atoms with Gasteiger partial charge in [0.2, 0.25) is 0 Å². The topological polar surface area (TPSA) is 49.8 Å². The van der Waals surface area contributed by atoms with Crippen LogP contribution in [0.5, 0.6) is 0 Å². The molecule has 0 radical (unpaired) electrons. The predicted octanol–water partition coefficient (Wildman–Crippen LogP) is 3.48. The first kappa shape index (κ1) is 17.2. The summed E-state index contributed by atoms with van der Waals surface area (Å²) in [7, 11) is 2.17. The van der Waals surface area contributed by atoms with Crippen molar-refractivity contribution >= 4 is 5.52 Å². The number of fused-ring (bicyclic) bond motifs is 1. The lowest BCUT2D eigenvalue weighted by Crippen LogP contribution is -2.46. The molecule has 1 atom stereocenters. The summed E-state index contributed by atoms with van der Waals surface area (Å²) >= 11 is 0. The monoisotopic (exact) mass is 373 g/mol. The van der Waals surface area contributed by atoms with Crippen LogP contribution in [0.1, 0.15) is 17.5 Å². The number of benzene rings is 1. The third kappa shape index (κ3) is 3.21. The molecule has 1 aromatic carbocycles. The smallest absolute Gasteiger partial charge is 0.117 e. The van der Waals surface area contributed by atoms with Gasteiger partial charge < -0.3 is 4.42 Å². The predicted molar refractivity (Wildman–Crippen MR) is 108 cm³/mol. The molecule has 1 unspecified atom stereocenters. The van der Waals surface area contributed by atoms with Crippen molar-refractivity contribution in [3.8, 4) is 11.1 Å². The molecule has 4 aromatic rings. The number of piperazine rings is 1. The molecule has 0 spiro atoms. The highest BCUT2D eigenvalue weighted by atomic mass is 16.3. The van der Waals surface area contributed by atoms with Crippen LogP contribution in [0.25, 0.3) is 16.6 Å². The number of pyridine rings is 1. The maximum atomic E-state index is 5.53. The molecule has 6 heteroatoms. The van der Waals surface area contributed by atoms with Crippen molar-refractivity contribution in [2.24, 2.45) is 0 Å². The van der Waals surface area contributed by atoms with Crippen molar-refractivity contribution in [3.63, 3.8) is 0 Å². The van der Waals surface area contributed by atoms with E-state index in [1.54, 1.807) is 6.26 Å². The highest BCUT2D eigenvalue weighted by Gasteiger charge is 2.29. The minimum Gasteiger partial charge on any atom is -0.468 e. The van der Waals surface area contributed by atoms with E-state index in [9.17, 15) is 0 Å². The van der Waals surface area contributed by atoms with Crippen molar-refractivity contribution in [1.82, 2.24) is 24.6 Å². The quantitative estimate of drug-likeness (QED) is 0.548. The summed E-state index contributed by atoms with van der Waals surface area (Å²) in [6, 6.07) is 18.8. The second-order valence-corrected chi connectivity index (χ2v) is 7.40. The molecule has 0 saturated carbocycles. The van der Waals surface area contributed by atoms with E-state index in [-0.39, 0.29) is 6.04 Å². The van der Waals surface area contributed by atoms with Gasteiger partial charge in [-0.15, -0.1) is 5.10 Å². The molecular formula is C22H23N5O. The van der Waals surface area contributed by atoms with E-state index in [0.717, 1.165) is 48.7 Å². The number of aromatic nitrogens is 3. The van der Waals surface area contributed by atoms with Gasteiger partial charge in [-0.25, -0.2) is 4.52 Å². The maximum Gasteiger partial charge on any atom is 0.117 e. The Hall–Kier alpha value is -2.96. The van der Waals surface area contributed by atoms with Crippen molar-refractivity contribution in [2.45, 2.75) is 12.6 Å². The molecule has 4 heterocycles. The molecule has 1 aliphatic rings. The zero-order chi connectivity index (χ0) is 18.9. The van der Waals surface area contributed by atoms with Crippen LogP contribution in [-0.4, -0.2) is 51.3 Å².